The number of nitrogen functional groups attached to an aromatic ring is 1. The summed E-state index contributed by atoms with van der Waals surface area (Å²) >= 11 is 0. The van der Waals surface area contributed by atoms with Gasteiger partial charge in [-0.3, -0.25) is 0 Å². The Hall–Kier alpha value is -1.13. The van der Waals surface area contributed by atoms with Crippen molar-refractivity contribution in [2.75, 3.05) is 5.73 Å². The zero-order valence-electron chi connectivity index (χ0n) is 6.37. The number of anilines is 1. The van der Waals surface area contributed by atoms with Gasteiger partial charge in [-0.25, -0.2) is 13.8 Å². The second-order valence-electron chi connectivity index (χ2n) is 3.10. The van der Waals surface area contributed by atoms with Crippen molar-refractivity contribution < 1.29 is 8.78 Å². The van der Waals surface area contributed by atoms with Crippen molar-refractivity contribution in [3.8, 4) is 0 Å². The number of nitrogens with zero attached hydrogens (tertiary/aromatic N) is 2. The first-order valence-electron chi connectivity index (χ1n) is 3.74. The number of rotatable bonds is 2. The molecule has 66 valence electrons. The molecule has 0 bridgehead atoms. The van der Waals surface area contributed by atoms with Crippen LogP contribution in [0.1, 0.15) is 6.42 Å². The van der Waals surface area contributed by atoms with Crippen LogP contribution in [0, 0.1) is 5.92 Å². The van der Waals surface area contributed by atoms with Gasteiger partial charge in [-0.1, -0.05) is 0 Å². The molecule has 5 heteroatoms. The van der Waals surface area contributed by atoms with E-state index < -0.39 is 11.8 Å². The zero-order valence-corrected chi connectivity index (χ0v) is 6.37. The Balaban J connectivity index is 2.02. The van der Waals surface area contributed by atoms with Gasteiger partial charge in [0, 0.05) is 31.3 Å². The summed E-state index contributed by atoms with van der Waals surface area (Å²) < 4.78 is 26.4. The molecule has 1 unspecified atom stereocenters. The fourth-order valence-electron chi connectivity index (χ4n) is 1.20. The second-order valence-corrected chi connectivity index (χ2v) is 3.10. The maximum atomic E-state index is 12.4. The van der Waals surface area contributed by atoms with Gasteiger partial charge in [-0.05, 0) is 0 Å². The molecular weight excluding hydrogens is 164 g/mol. The Labute approximate surface area is 68.2 Å². The van der Waals surface area contributed by atoms with Crippen LogP contribution in [0.3, 0.4) is 0 Å². The number of halogens is 2. The summed E-state index contributed by atoms with van der Waals surface area (Å²) in [6, 6.07) is 0. The van der Waals surface area contributed by atoms with Crippen LogP contribution in [0.2, 0.25) is 0 Å². The molecule has 0 amide bonds. The zero-order chi connectivity index (χ0) is 8.77. The van der Waals surface area contributed by atoms with Gasteiger partial charge in [-0.2, -0.15) is 0 Å². The lowest BCUT2D eigenvalue weighted by Crippen LogP contribution is -2.07. The monoisotopic (exact) mass is 173 g/mol. The second kappa shape index (κ2) is 2.18. The first-order valence-corrected chi connectivity index (χ1v) is 3.74. The number of hydrogen-bond acceptors (Lipinski definition) is 2. The molecule has 12 heavy (non-hydrogen) atoms. The summed E-state index contributed by atoms with van der Waals surface area (Å²) in [5.41, 5.74) is 5.41. The SMILES string of the molecule is Nc1nccn1CC1CC1(F)F. The van der Waals surface area contributed by atoms with Crippen LogP contribution in [0.5, 0.6) is 0 Å². The number of aromatic nitrogens is 2. The van der Waals surface area contributed by atoms with Crippen molar-refractivity contribution in [1.29, 1.82) is 0 Å². The molecule has 1 aliphatic carbocycles. The molecule has 0 aromatic carbocycles. The minimum atomic E-state index is -2.48. The van der Waals surface area contributed by atoms with E-state index in [0.717, 1.165) is 0 Å². The van der Waals surface area contributed by atoms with Gasteiger partial charge < -0.3 is 10.3 Å². The average molecular weight is 173 g/mol. The van der Waals surface area contributed by atoms with Gasteiger partial charge in [-0.15, -0.1) is 0 Å². The number of hydrogen-bond donors (Lipinski definition) is 1. The van der Waals surface area contributed by atoms with Crippen molar-refractivity contribution in [2.45, 2.75) is 18.9 Å². The lowest BCUT2D eigenvalue weighted by molar-refractivity contribution is 0.0952. The van der Waals surface area contributed by atoms with E-state index in [9.17, 15) is 8.78 Å². The molecule has 1 aromatic rings. The van der Waals surface area contributed by atoms with Crippen molar-refractivity contribution in [3.05, 3.63) is 12.4 Å². The lowest BCUT2D eigenvalue weighted by atomic mass is 10.4. The summed E-state index contributed by atoms with van der Waals surface area (Å²) in [5.74, 6) is -2.72. The molecule has 2 N–H and O–H groups in total. The highest BCUT2D eigenvalue weighted by Crippen LogP contribution is 2.49. The average Bonchev–Trinajstić information content (AvgIpc) is 2.39. The highest BCUT2D eigenvalue weighted by atomic mass is 19.3. The largest absolute Gasteiger partial charge is 0.369 e. The van der Waals surface area contributed by atoms with Crippen LogP contribution in [-0.2, 0) is 6.54 Å². The summed E-state index contributed by atoms with van der Waals surface area (Å²) in [5, 5.41) is 0. The van der Waals surface area contributed by atoms with E-state index in [1.165, 1.54) is 6.20 Å². The van der Waals surface area contributed by atoms with E-state index >= 15 is 0 Å². The van der Waals surface area contributed by atoms with Crippen LogP contribution in [0.4, 0.5) is 14.7 Å². The highest BCUT2D eigenvalue weighted by molar-refractivity contribution is 5.17. The highest BCUT2D eigenvalue weighted by Gasteiger charge is 2.56. The van der Waals surface area contributed by atoms with Crippen LogP contribution in [0.25, 0.3) is 0 Å². The molecule has 0 spiro atoms. The summed E-state index contributed by atoms with van der Waals surface area (Å²) in [6.45, 7) is 0.277. The Kier molecular flexibility index (Phi) is 1.37. The maximum absolute atomic E-state index is 12.4. The quantitative estimate of drug-likeness (QED) is 0.728. The Morgan fingerprint density at radius 2 is 2.42 bits per heavy atom. The Morgan fingerprint density at radius 3 is 2.83 bits per heavy atom. The molecule has 1 aliphatic rings. The Morgan fingerprint density at radius 1 is 1.75 bits per heavy atom. The third kappa shape index (κ3) is 1.15. The molecule has 1 aromatic heterocycles. The van der Waals surface area contributed by atoms with Crippen LogP contribution in [0.15, 0.2) is 12.4 Å². The molecular formula is C7H9F2N3. The van der Waals surface area contributed by atoms with E-state index in [2.05, 4.69) is 4.98 Å². The fraction of sp³-hybridized carbons (Fsp3) is 0.571. The third-order valence-electron chi connectivity index (χ3n) is 2.12. The first-order chi connectivity index (χ1) is 5.59. The maximum Gasteiger partial charge on any atom is 0.253 e. The molecule has 1 heterocycles. The smallest absolute Gasteiger partial charge is 0.253 e. The summed E-state index contributed by atoms with van der Waals surface area (Å²) in [6.07, 6.45) is 3.10. The normalized spacial score (nSPS) is 25.7. The van der Waals surface area contributed by atoms with E-state index in [1.807, 2.05) is 0 Å². The van der Waals surface area contributed by atoms with Gasteiger partial charge in [0.2, 0.25) is 0 Å². The molecule has 0 radical (unpaired) electrons. The summed E-state index contributed by atoms with van der Waals surface area (Å²) in [4.78, 5) is 3.74. The molecule has 1 atom stereocenters. The molecule has 0 aliphatic heterocycles. The van der Waals surface area contributed by atoms with Crippen molar-refractivity contribution in [2.24, 2.45) is 5.92 Å². The standard InChI is InChI=1S/C7H9F2N3/c8-7(9)3-5(7)4-12-2-1-11-6(12)10/h1-2,5H,3-4H2,(H2,10,11). The van der Waals surface area contributed by atoms with Crippen LogP contribution >= 0.6 is 0 Å². The predicted molar refractivity (Wildman–Crippen MR) is 39.7 cm³/mol. The van der Waals surface area contributed by atoms with Crippen LogP contribution < -0.4 is 5.73 Å². The van der Waals surface area contributed by atoms with Crippen LogP contribution in [-0.4, -0.2) is 15.5 Å². The van der Waals surface area contributed by atoms with Crippen molar-refractivity contribution in [3.63, 3.8) is 0 Å². The van der Waals surface area contributed by atoms with Gasteiger partial charge in [0.05, 0.1) is 0 Å². The van der Waals surface area contributed by atoms with Gasteiger partial charge in [0.1, 0.15) is 0 Å². The molecule has 3 nitrogen and oxygen atoms in total. The first kappa shape index (κ1) is 7.52. The fourth-order valence-corrected chi connectivity index (χ4v) is 1.20. The van der Waals surface area contributed by atoms with E-state index in [0.29, 0.717) is 5.95 Å². The van der Waals surface area contributed by atoms with Gasteiger partial charge >= 0.3 is 0 Å². The van der Waals surface area contributed by atoms with E-state index in [-0.39, 0.29) is 13.0 Å². The van der Waals surface area contributed by atoms with E-state index in [4.69, 9.17) is 5.73 Å². The minimum absolute atomic E-state index is 0.0232. The van der Waals surface area contributed by atoms with Gasteiger partial charge in [0.15, 0.2) is 5.95 Å². The van der Waals surface area contributed by atoms with E-state index in [1.54, 1.807) is 10.8 Å². The molecule has 1 fully saturated rings. The Bertz CT molecular complexity index is 295. The lowest BCUT2D eigenvalue weighted by Gasteiger charge is -2.01. The number of nitrogens with two attached hydrogens (primary N) is 1. The van der Waals surface area contributed by atoms with Crippen molar-refractivity contribution >= 4 is 5.95 Å². The molecule has 0 saturated heterocycles. The minimum Gasteiger partial charge on any atom is -0.369 e. The predicted octanol–water partition coefficient (Wildman–Crippen LogP) is 1.12. The molecule has 2 rings (SSSR count). The number of alkyl halides is 2. The third-order valence-corrected chi connectivity index (χ3v) is 2.12. The number of imidazole rings is 1. The van der Waals surface area contributed by atoms with Crippen molar-refractivity contribution in [1.82, 2.24) is 9.55 Å². The topological polar surface area (TPSA) is 43.8 Å². The summed E-state index contributed by atoms with van der Waals surface area (Å²) in [7, 11) is 0. The molecule has 1 saturated carbocycles. The van der Waals surface area contributed by atoms with Gasteiger partial charge in [0.25, 0.3) is 5.92 Å².